The topological polar surface area (TPSA) is 67.4 Å². The number of hydrogen-bond acceptors (Lipinski definition) is 3. The molecule has 0 aliphatic heterocycles. The predicted octanol–water partition coefficient (Wildman–Crippen LogP) is 5.58. The average Bonchev–Trinajstić information content (AvgIpc) is 3.38. The minimum atomic E-state index is -1.83. The Morgan fingerprint density at radius 3 is 2.16 bits per heavy atom. The number of rotatable bonds is 7. The van der Waals surface area contributed by atoms with Crippen molar-refractivity contribution in [1.29, 1.82) is 0 Å². The molecule has 3 fully saturated rings. The molecule has 1 aromatic rings. The summed E-state index contributed by atoms with van der Waals surface area (Å²) in [6.45, 7) is 12.1. The van der Waals surface area contributed by atoms with E-state index >= 15 is 0 Å². The molecule has 3 saturated carbocycles. The van der Waals surface area contributed by atoms with E-state index in [4.69, 9.17) is 4.43 Å². The van der Waals surface area contributed by atoms with Crippen LogP contribution in [0, 0.1) is 29.1 Å². The maximum absolute atomic E-state index is 13.4. The van der Waals surface area contributed by atoms with Gasteiger partial charge in [-0.1, -0.05) is 36.7 Å². The molecule has 176 valence electrons. The molecule has 0 heterocycles. The van der Waals surface area contributed by atoms with Crippen LogP contribution in [-0.2, 0) is 14.0 Å². The quantitative estimate of drug-likeness (QED) is 0.364. The van der Waals surface area contributed by atoms with Crippen LogP contribution in [0.5, 0.6) is 0 Å². The van der Waals surface area contributed by atoms with Gasteiger partial charge in [0.25, 0.3) is 0 Å². The summed E-state index contributed by atoms with van der Waals surface area (Å²) in [4.78, 5) is 26.7. The number of benzene rings is 1. The van der Waals surface area contributed by atoms with Gasteiger partial charge in [0.05, 0.1) is 18.4 Å². The zero-order chi connectivity index (χ0) is 23.3. The van der Waals surface area contributed by atoms with Crippen LogP contribution in [0.15, 0.2) is 28.7 Å². The molecule has 0 radical (unpaired) electrons. The molecule has 0 aromatic heterocycles. The van der Waals surface area contributed by atoms with Crippen LogP contribution in [0.25, 0.3) is 0 Å². The van der Waals surface area contributed by atoms with Crippen molar-refractivity contribution in [3.05, 3.63) is 28.7 Å². The number of carbonyl (C=O) groups excluding carboxylic acids is 2. The van der Waals surface area contributed by atoms with E-state index in [9.17, 15) is 9.59 Å². The summed E-state index contributed by atoms with van der Waals surface area (Å²) in [5, 5.41) is 6.37. The Hall–Kier alpha value is -1.18. The van der Waals surface area contributed by atoms with Crippen LogP contribution in [0.4, 0.5) is 5.69 Å². The van der Waals surface area contributed by atoms with E-state index in [2.05, 4.69) is 60.4 Å². The van der Waals surface area contributed by atoms with Crippen molar-refractivity contribution in [3.63, 3.8) is 0 Å². The highest BCUT2D eigenvalue weighted by Crippen LogP contribution is 2.74. The monoisotopic (exact) mass is 520 g/mol. The first-order valence-corrected chi connectivity index (χ1v) is 15.6. The molecule has 5 nitrogen and oxygen atoms in total. The van der Waals surface area contributed by atoms with Crippen LogP contribution < -0.4 is 10.6 Å². The predicted molar refractivity (Wildman–Crippen MR) is 134 cm³/mol. The summed E-state index contributed by atoms with van der Waals surface area (Å²) >= 11 is 3.44. The lowest BCUT2D eigenvalue weighted by atomic mass is 9.78. The van der Waals surface area contributed by atoms with Crippen LogP contribution in [0.2, 0.25) is 18.1 Å². The Labute approximate surface area is 201 Å². The Balaban J connectivity index is 1.41. The molecule has 4 unspecified atom stereocenters. The first-order chi connectivity index (χ1) is 15.0. The van der Waals surface area contributed by atoms with E-state index in [-0.39, 0.29) is 34.1 Å². The first-order valence-electron chi connectivity index (χ1n) is 11.9. The Bertz CT molecular complexity index is 876. The van der Waals surface area contributed by atoms with E-state index in [1.807, 2.05) is 24.3 Å². The van der Waals surface area contributed by atoms with Gasteiger partial charge in [-0.2, -0.15) is 0 Å². The van der Waals surface area contributed by atoms with Crippen LogP contribution in [-0.4, -0.2) is 33.3 Å². The summed E-state index contributed by atoms with van der Waals surface area (Å²) in [6.07, 6.45) is 4.48. The minimum Gasteiger partial charge on any atom is -0.415 e. The highest BCUT2D eigenvalue weighted by Gasteiger charge is 2.71. The molecular formula is C25H37BrN2O3Si. The molecule has 3 aliphatic rings. The third-order valence-electron chi connectivity index (χ3n) is 8.73. The van der Waals surface area contributed by atoms with E-state index in [1.165, 1.54) is 12.8 Å². The number of halogens is 1. The van der Waals surface area contributed by atoms with Crippen molar-refractivity contribution in [2.24, 2.45) is 29.1 Å². The smallest absolute Gasteiger partial charge is 0.228 e. The number of anilines is 1. The molecule has 1 spiro atoms. The van der Waals surface area contributed by atoms with Crippen LogP contribution in [0.1, 0.15) is 46.5 Å². The highest BCUT2D eigenvalue weighted by molar-refractivity contribution is 9.10. The minimum absolute atomic E-state index is 0.00321. The van der Waals surface area contributed by atoms with E-state index in [0.29, 0.717) is 25.0 Å². The standard InChI is InChI=1S/C25H37BrN2O3Si/c1-24(2,3)32(4,5)31-15-14-27-22(29)20-18-10-11-19(25(18)12-13-25)21(20)23(30)28-17-8-6-16(26)7-9-17/h6-9,18-21H,10-15H2,1-5H3,(H,27,29)(H,28,30). The average molecular weight is 522 g/mol. The van der Waals surface area contributed by atoms with Gasteiger partial charge in [0.2, 0.25) is 11.8 Å². The summed E-state index contributed by atoms with van der Waals surface area (Å²) in [5.74, 6) is 0.263. The second-order valence-electron chi connectivity index (χ2n) is 11.5. The second-order valence-corrected chi connectivity index (χ2v) is 17.2. The van der Waals surface area contributed by atoms with E-state index in [0.717, 1.165) is 23.0 Å². The van der Waals surface area contributed by atoms with Gasteiger partial charge < -0.3 is 15.1 Å². The molecule has 1 aromatic carbocycles. The molecule has 4 atom stereocenters. The number of hydrogen-bond donors (Lipinski definition) is 2. The molecule has 2 bridgehead atoms. The largest absolute Gasteiger partial charge is 0.415 e. The number of carbonyl (C=O) groups is 2. The summed E-state index contributed by atoms with van der Waals surface area (Å²) in [6, 6.07) is 7.64. The lowest BCUT2D eigenvalue weighted by Crippen LogP contribution is -2.45. The lowest BCUT2D eigenvalue weighted by molar-refractivity contribution is -0.134. The molecule has 2 amide bonds. The Kier molecular flexibility index (Phi) is 6.40. The molecule has 3 aliphatic carbocycles. The summed E-state index contributed by atoms with van der Waals surface area (Å²) in [5.41, 5.74) is 1.02. The Morgan fingerprint density at radius 1 is 1.06 bits per heavy atom. The maximum atomic E-state index is 13.4. The van der Waals surface area contributed by atoms with Gasteiger partial charge in [0.1, 0.15) is 0 Å². The van der Waals surface area contributed by atoms with E-state index in [1.54, 1.807) is 0 Å². The molecule has 32 heavy (non-hydrogen) atoms. The zero-order valence-electron chi connectivity index (χ0n) is 20.0. The highest BCUT2D eigenvalue weighted by atomic mass is 79.9. The molecule has 0 saturated heterocycles. The summed E-state index contributed by atoms with van der Waals surface area (Å²) < 4.78 is 7.20. The van der Waals surface area contributed by atoms with Gasteiger partial charge in [-0.25, -0.2) is 0 Å². The van der Waals surface area contributed by atoms with Gasteiger partial charge in [-0.15, -0.1) is 0 Å². The Morgan fingerprint density at radius 2 is 1.62 bits per heavy atom. The van der Waals surface area contributed by atoms with Crippen molar-refractivity contribution in [2.45, 2.75) is 64.6 Å². The third-order valence-corrected chi connectivity index (χ3v) is 13.8. The zero-order valence-corrected chi connectivity index (χ0v) is 22.6. The third kappa shape index (κ3) is 4.32. The van der Waals surface area contributed by atoms with Crippen molar-refractivity contribution in [2.75, 3.05) is 18.5 Å². The van der Waals surface area contributed by atoms with Gasteiger partial charge in [0, 0.05) is 16.7 Å². The van der Waals surface area contributed by atoms with E-state index < -0.39 is 8.32 Å². The van der Waals surface area contributed by atoms with Gasteiger partial charge in [-0.05, 0) is 85.3 Å². The van der Waals surface area contributed by atoms with Crippen molar-refractivity contribution >= 4 is 41.7 Å². The fraction of sp³-hybridized carbons (Fsp3) is 0.680. The lowest BCUT2D eigenvalue weighted by Gasteiger charge is -2.36. The number of nitrogens with one attached hydrogen (secondary N) is 2. The maximum Gasteiger partial charge on any atom is 0.228 e. The second kappa shape index (κ2) is 8.55. The SMILES string of the molecule is CC(C)(C)[Si](C)(C)OCCNC(=O)C1C(C(=O)Nc2ccc(Br)cc2)C2CCC1C21CC1. The van der Waals surface area contributed by atoms with Crippen LogP contribution >= 0.6 is 15.9 Å². The van der Waals surface area contributed by atoms with Crippen molar-refractivity contribution < 1.29 is 14.0 Å². The number of amides is 2. The van der Waals surface area contributed by atoms with Crippen LogP contribution in [0.3, 0.4) is 0 Å². The molecular weight excluding hydrogens is 484 g/mol. The molecule has 4 rings (SSSR count). The van der Waals surface area contributed by atoms with Crippen molar-refractivity contribution in [3.8, 4) is 0 Å². The summed E-state index contributed by atoms with van der Waals surface area (Å²) in [7, 11) is -1.83. The van der Waals surface area contributed by atoms with Gasteiger partial charge in [-0.3, -0.25) is 9.59 Å². The van der Waals surface area contributed by atoms with Gasteiger partial charge >= 0.3 is 0 Å². The normalized spacial score (nSPS) is 28.1. The van der Waals surface area contributed by atoms with Crippen molar-refractivity contribution in [1.82, 2.24) is 5.32 Å². The molecule has 7 heteroatoms. The molecule has 2 N–H and O–H groups in total. The van der Waals surface area contributed by atoms with Gasteiger partial charge in [0.15, 0.2) is 8.32 Å². The fourth-order valence-electron chi connectivity index (χ4n) is 5.94. The fourth-order valence-corrected chi connectivity index (χ4v) is 7.24. The first kappa shape index (κ1) is 24.0.